The van der Waals surface area contributed by atoms with Crippen LogP contribution in [0.25, 0.3) is 0 Å². The van der Waals surface area contributed by atoms with Crippen LogP contribution in [0.3, 0.4) is 0 Å². The van der Waals surface area contributed by atoms with Gasteiger partial charge in [-0.25, -0.2) is 0 Å². The van der Waals surface area contributed by atoms with Crippen molar-refractivity contribution in [2.75, 3.05) is 13.2 Å². The summed E-state index contributed by atoms with van der Waals surface area (Å²) in [6, 6.07) is 8.60. The molecule has 3 N–H and O–H groups in total. The summed E-state index contributed by atoms with van der Waals surface area (Å²) in [6.45, 7) is 7.57. The monoisotopic (exact) mass is 292 g/mol. The van der Waals surface area contributed by atoms with Crippen LogP contribution in [-0.2, 0) is 11.2 Å². The van der Waals surface area contributed by atoms with E-state index >= 15 is 0 Å². The Balaban J connectivity index is 2.34. The highest BCUT2D eigenvalue weighted by Gasteiger charge is 2.09. The minimum atomic E-state index is -0.333. The van der Waals surface area contributed by atoms with Gasteiger partial charge in [-0.1, -0.05) is 26.0 Å². The van der Waals surface area contributed by atoms with Gasteiger partial charge in [0.1, 0.15) is 5.75 Å². The smallest absolute Gasteiger partial charge is 0.223 e. The second-order valence-corrected chi connectivity index (χ2v) is 5.65. The number of primary amides is 1. The third-order valence-electron chi connectivity index (χ3n) is 3.52. The van der Waals surface area contributed by atoms with E-state index in [1.54, 1.807) is 6.92 Å². The van der Waals surface area contributed by atoms with Crippen molar-refractivity contribution in [2.24, 2.45) is 11.7 Å². The first-order valence-electron chi connectivity index (χ1n) is 7.77. The van der Waals surface area contributed by atoms with E-state index in [1.165, 1.54) is 12.0 Å². The second kappa shape index (κ2) is 9.40. The lowest BCUT2D eigenvalue weighted by Crippen LogP contribution is -2.27. The summed E-state index contributed by atoms with van der Waals surface area (Å²) in [5, 5.41) is 3.49. The van der Waals surface area contributed by atoms with Crippen molar-refractivity contribution in [3.8, 4) is 5.75 Å². The van der Waals surface area contributed by atoms with E-state index in [9.17, 15) is 4.79 Å². The number of nitrogens with one attached hydrogen (secondary N) is 1. The molecule has 2 unspecified atom stereocenters. The highest BCUT2D eigenvalue weighted by Crippen LogP contribution is 2.15. The number of amides is 1. The van der Waals surface area contributed by atoms with E-state index in [4.69, 9.17) is 10.5 Å². The van der Waals surface area contributed by atoms with E-state index in [0.717, 1.165) is 25.1 Å². The molecule has 0 radical (unpaired) electrons. The first-order valence-corrected chi connectivity index (χ1v) is 7.77. The lowest BCUT2D eigenvalue weighted by atomic mass is 10.1. The van der Waals surface area contributed by atoms with Gasteiger partial charge in [-0.2, -0.15) is 0 Å². The van der Waals surface area contributed by atoms with Gasteiger partial charge in [0.25, 0.3) is 0 Å². The molecule has 4 heteroatoms. The number of rotatable bonds is 10. The standard InChI is InChI=1S/C17H28N2O2/c1-4-11-19-14(3)5-6-15-7-9-16(10-8-15)21-12-13(2)17(18)20/h7-10,13-14,19H,4-6,11-12H2,1-3H3,(H2,18,20). The Hall–Kier alpha value is -1.55. The van der Waals surface area contributed by atoms with Crippen molar-refractivity contribution in [1.82, 2.24) is 5.32 Å². The average molecular weight is 292 g/mol. The van der Waals surface area contributed by atoms with Gasteiger partial charge in [0, 0.05) is 6.04 Å². The van der Waals surface area contributed by atoms with Crippen LogP contribution in [0.5, 0.6) is 5.75 Å². The molecule has 1 aromatic carbocycles. The van der Waals surface area contributed by atoms with Crippen LogP contribution in [0, 0.1) is 5.92 Å². The van der Waals surface area contributed by atoms with E-state index in [2.05, 4.69) is 31.3 Å². The van der Waals surface area contributed by atoms with Crippen molar-refractivity contribution in [3.63, 3.8) is 0 Å². The average Bonchev–Trinajstić information content (AvgIpc) is 2.49. The molecule has 0 spiro atoms. The lowest BCUT2D eigenvalue weighted by molar-refractivity contribution is -0.122. The number of nitrogens with two attached hydrogens (primary N) is 1. The molecule has 1 aromatic rings. The fourth-order valence-electron chi connectivity index (χ4n) is 1.93. The van der Waals surface area contributed by atoms with E-state index < -0.39 is 0 Å². The van der Waals surface area contributed by atoms with Gasteiger partial charge in [0.05, 0.1) is 12.5 Å². The van der Waals surface area contributed by atoms with Crippen LogP contribution in [0.1, 0.15) is 39.2 Å². The Morgan fingerprint density at radius 3 is 2.52 bits per heavy atom. The molecular weight excluding hydrogens is 264 g/mol. The zero-order valence-corrected chi connectivity index (χ0v) is 13.4. The normalized spacial score (nSPS) is 13.7. The van der Waals surface area contributed by atoms with Crippen molar-refractivity contribution in [3.05, 3.63) is 29.8 Å². The SMILES string of the molecule is CCCNC(C)CCc1ccc(OCC(C)C(N)=O)cc1. The third kappa shape index (κ3) is 7.14. The second-order valence-electron chi connectivity index (χ2n) is 5.65. The number of carbonyl (C=O) groups excluding carboxylic acids is 1. The van der Waals surface area contributed by atoms with E-state index in [-0.39, 0.29) is 11.8 Å². The highest BCUT2D eigenvalue weighted by molar-refractivity contribution is 5.76. The molecule has 0 aliphatic rings. The number of hydrogen-bond acceptors (Lipinski definition) is 3. The number of ether oxygens (including phenoxy) is 1. The largest absolute Gasteiger partial charge is 0.493 e. The molecule has 1 rings (SSSR count). The summed E-state index contributed by atoms with van der Waals surface area (Å²) in [4.78, 5) is 10.9. The maximum absolute atomic E-state index is 10.9. The van der Waals surface area contributed by atoms with E-state index in [1.807, 2.05) is 12.1 Å². The van der Waals surface area contributed by atoms with E-state index in [0.29, 0.717) is 12.6 Å². The molecule has 0 bridgehead atoms. The Kier molecular flexibility index (Phi) is 7.83. The summed E-state index contributed by atoms with van der Waals surface area (Å²) in [6.07, 6.45) is 3.34. The van der Waals surface area contributed by atoms with Crippen molar-refractivity contribution in [1.29, 1.82) is 0 Å². The quantitative estimate of drug-likeness (QED) is 0.696. The van der Waals surface area contributed by atoms with Crippen LogP contribution in [0.4, 0.5) is 0 Å². The summed E-state index contributed by atoms with van der Waals surface area (Å²) in [7, 11) is 0. The maximum Gasteiger partial charge on any atom is 0.223 e. The summed E-state index contributed by atoms with van der Waals surface area (Å²) < 4.78 is 5.55. The van der Waals surface area contributed by atoms with Crippen molar-refractivity contribution in [2.45, 2.75) is 46.1 Å². The highest BCUT2D eigenvalue weighted by atomic mass is 16.5. The number of benzene rings is 1. The fourth-order valence-corrected chi connectivity index (χ4v) is 1.93. The van der Waals surface area contributed by atoms with Gasteiger partial charge in [0.2, 0.25) is 5.91 Å². The van der Waals surface area contributed by atoms with Gasteiger partial charge < -0.3 is 15.8 Å². The Morgan fingerprint density at radius 1 is 1.29 bits per heavy atom. The molecule has 2 atom stereocenters. The minimum Gasteiger partial charge on any atom is -0.493 e. The molecule has 0 fully saturated rings. The molecule has 0 aliphatic heterocycles. The maximum atomic E-state index is 10.9. The predicted octanol–water partition coefficient (Wildman–Crippen LogP) is 2.51. The fraction of sp³-hybridized carbons (Fsp3) is 0.588. The molecule has 0 saturated carbocycles. The lowest BCUT2D eigenvalue weighted by Gasteiger charge is -2.13. The number of hydrogen-bond donors (Lipinski definition) is 2. The first-order chi connectivity index (χ1) is 10.0. The Morgan fingerprint density at radius 2 is 1.95 bits per heavy atom. The van der Waals surface area contributed by atoms with Gasteiger partial charge >= 0.3 is 0 Å². The molecule has 4 nitrogen and oxygen atoms in total. The molecular formula is C17H28N2O2. The molecule has 0 saturated heterocycles. The number of carbonyl (C=O) groups is 1. The predicted molar refractivity (Wildman–Crippen MR) is 86.4 cm³/mol. The number of aryl methyl sites for hydroxylation is 1. The third-order valence-corrected chi connectivity index (χ3v) is 3.52. The topological polar surface area (TPSA) is 64.3 Å². The van der Waals surface area contributed by atoms with Gasteiger partial charge in [0.15, 0.2) is 0 Å². The van der Waals surface area contributed by atoms with Crippen LogP contribution >= 0.6 is 0 Å². The Labute approximate surface area is 128 Å². The van der Waals surface area contributed by atoms with Crippen LogP contribution in [0.2, 0.25) is 0 Å². The molecule has 21 heavy (non-hydrogen) atoms. The molecule has 0 aliphatic carbocycles. The molecule has 0 heterocycles. The summed E-state index contributed by atoms with van der Waals surface area (Å²) in [5.74, 6) is 0.180. The minimum absolute atomic E-state index is 0.268. The van der Waals surface area contributed by atoms with Crippen LogP contribution < -0.4 is 15.8 Å². The van der Waals surface area contributed by atoms with Gasteiger partial charge in [-0.05, 0) is 50.4 Å². The summed E-state index contributed by atoms with van der Waals surface area (Å²) >= 11 is 0. The van der Waals surface area contributed by atoms with Crippen molar-refractivity contribution < 1.29 is 9.53 Å². The molecule has 118 valence electrons. The first kappa shape index (κ1) is 17.5. The van der Waals surface area contributed by atoms with Crippen molar-refractivity contribution >= 4 is 5.91 Å². The van der Waals surface area contributed by atoms with Gasteiger partial charge in [-0.15, -0.1) is 0 Å². The van der Waals surface area contributed by atoms with Gasteiger partial charge in [-0.3, -0.25) is 4.79 Å². The zero-order chi connectivity index (χ0) is 15.7. The Bertz CT molecular complexity index is 417. The molecule has 0 aromatic heterocycles. The van der Waals surface area contributed by atoms with Crippen LogP contribution in [0.15, 0.2) is 24.3 Å². The van der Waals surface area contributed by atoms with Crippen LogP contribution in [-0.4, -0.2) is 25.1 Å². The summed E-state index contributed by atoms with van der Waals surface area (Å²) in [5.41, 5.74) is 6.50. The zero-order valence-electron chi connectivity index (χ0n) is 13.4. The molecule has 1 amide bonds.